The van der Waals surface area contributed by atoms with Gasteiger partial charge in [-0.3, -0.25) is 9.59 Å². The molecule has 0 spiro atoms. The third-order valence-corrected chi connectivity index (χ3v) is 2.94. The lowest BCUT2D eigenvalue weighted by Gasteiger charge is -2.22. The number of amides is 1. The van der Waals surface area contributed by atoms with Crippen molar-refractivity contribution in [3.8, 4) is 0 Å². The molecule has 0 aliphatic heterocycles. The van der Waals surface area contributed by atoms with Crippen LogP contribution in [0.2, 0.25) is 0 Å². The van der Waals surface area contributed by atoms with Crippen LogP contribution >= 0.6 is 0 Å². The van der Waals surface area contributed by atoms with Crippen LogP contribution in [0, 0.1) is 5.82 Å². The van der Waals surface area contributed by atoms with Crippen molar-refractivity contribution in [1.82, 2.24) is 5.32 Å². The zero-order valence-electron chi connectivity index (χ0n) is 11.8. The first-order chi connectivity index (χ1) is 9.97. The second-order valence-electron chi connectivity index (χ2n) is 4.34. The Morgan fingerprint density at radius 2 is 1.90 bits per heavy atom. The molecule has 0 aromatic heterocycles. The Morgan fingerprint density at radius 1 is 1.29 bits per heavy atom. The van der Waals surface area contributed by atoms with E-state index in [-0.39, 0.29) is 6.54 Å². The second kappa shape index (κ2) is 8.33. The molecule has 7 heteroatoms. The number of aliphatic hydroxyl groups excluding tert-OH is 1. The lowest BCUT2D eigenvalue weighted by atomic mass is 9.98. The van der Waals surface area contributed by atoms with Gasteiger partial charge in [0.15, 0.2) is 6.29 Å². The number of aliphatic hydroxyl groups is 1. The molecule has 1 aromatic carbocycles. The molecule has 6 nitrogen and oxygen atoms in total. The van der Waals surface area contributed by atoms with E-state index in [9.17, 15) is 19.1 Å². The highest BCUT2D eigenvalue weighted by Crippen LogP contribution is 2.20. The molecule has 0 radical (unpaired) electrons. The van der Waals surface area contributed by atoms with Crippen LogP contribution in [-0.2, 0) is 19.1 Å². The van der Waals surface area contributed by atoms with Gasteiger partial charge in [-0.2, -0.15) is 0 Å². The Kier molecular flexibility index (Phi) is 6.77. The molecule has 0 bridgehead atoms. The number of carbonyl (C=O) groups is 2. The largest absolute Gasteiger partial charge is 0.469 e. The minimum absolute atomic E-state index is 0.0382. The highest BCUT2D eigenvalue weighted by atomic mass is 19.1. The lowest BCUT2D eigenvalue weighted by Crippen LogP contribution is -2.35. The van der Waals surface area contributed by atoms with E-state index in [0.717, 1.165) is 0 Å². The number of esters is 1. The highest BCUT2D eigenvalue weighted by Gasteiger charge is 2.22. The van der Waals surface area contributed by atoms with Crippen molar-refractivity contribution >= 4 is 11.9 Å². The van der Waals surface area contributed by atoms with Gasteiger partial charge in [0.1, 0.15) is 12.2 Å². The van der Waals surface area contributed by atoms with Crippen molar-refractivity contribution in [1.29, 1.82) is 0 Å². The Labute approximate surface area is 121 Å². The zero-order chi connectivity index (χ0) is 15.8. The zero-order valence-corrected chi connectivity index (χ0v) is 11.8. The number of ether oxygens (including phenoxy) is 2. The summed E-state index contributed by atoms with van der Waals surface area (Å²) < 4.78 is 22.1. The van der Waals surface area contributed by atoms with Gasteiger partial charge >= 0.3 is 5.97 Å². The molecule has 2 unspecified atom stereocenters. The molecule has 0 aliphatic carbocycles. The first-order valence-corrected chi connectivity index (χ1v) is 6.27. The third-order valence-electron chi connectivity index (χ3n) is 2.94. The number of hydrogen-bond acceptors (Lipinski definition) is 5. The molecule has 116 valence electrons. The molecule has 1 amide bonds. The topological polar surface area (TPSA) is 84.9 Å². The summed E-state index contributed by atoms with van der Waals surface area (Å²) in [6.45, 7) is 0.0382. The van der Waals surface area contributed by atoms with E-state index >= 15 is 0 Å². The molecule has 1 rings (SSSR count). The van der Waals surface area contributed by atoms with Crippen molar-refractivity contribution < 1.29 is 28.6 Å². The number of carbonyl (C=O) groups excluding carboxylic acids is 2. The van der Waals surface area contributed by atoms with Gasteiger partial charge in [0, 0.05) is 13.7 Å². The summed E-state index contributed by atoms with van der Waals surface area (Å²) in [5, 5.41) is 12.3. The van der Waals surface area contributed by atoms with Crippen molar-refractivity contribution in [2.45, 2.75) is 18.6 Å². The van der Waals surface area contributed by atoms with E-state index in [1.165, 1.54) is 38.5 Å². The summed E-state index contributed by atoms with van der Waals surface area (Å²) in [5.74, 6) is -2.17. The smallest absolute Gasteiger partial charge is 0.315 e. The van der Waals surface area contributed by atoms with E-state index in [0.29, 0.717) is 5.56 Å². The maximum atomic E-state index is 12.9. The molecule has 1 aromatic rings. The summed E-state index contributed by atoms with van der Waals surface area (Å²) in [7, 11) is 2.50. The summed E-state index contributed by atoms with van der Waals surface area (Å²) >= 11 is 0. The summed E-state index contributed by atoms with van der Waals surface area (Å²) in [4.78, 5) is 22.5. The Hall–Kier alpha value is -1.99. The van der Waals surface area contributed by atoms with Crippen LogP contribution in [0.4, 0.5) is 4.39 Å². The number of nitrogens with one attached hydrogen (secondary N) is 1. The maximum absolute atomic E-state index is 12.9. The van der Waals surface area contributed by atoms with E-state index in [1.807, 2.05) is 0 Å². The van der Waals surface area contributed by atoms with Crippen LogP contribution < -0.4 is 5.32 Å². The molecule has 0 fully saturated rings. The molecule has 0 aliphatic rings. The fourth-order valence-electron chi connectivity index (χ4n) is 1.75. The molecule has 0 saturated carbocycles. The van der Waals surface area contributed by atoms with Gasteiger partial charge in [-0.05, 0) is 17.7 Å². The van der Waals surface area contributed by atoms with Crippen molar-refractivity contribution in [3.05, 3.63) is 35.6 Å². The molecule has 2 N–H and O–H groups in total. The first kappa shape index (κ1) is 17.1. The predicted molar refractivity (Wildman–Crippen MR) is 71.8 cm³/mol. The van der Waals surface area contributed by atoms with E-state index in [1.54, 1.807) is 0 Å². The minimum Gasteiger partial charge on any atom is -0.469 e. The average Bonchev–Trinajstić information content (AvgIpc) is 2.48. The van der Waals surface area contributed by atoms with Gasteiger partial charge in [0.25, 0.3) is 0 Å². The monoisotopic (exact) mass is 299 g/mol. The van der Waals surface area contributed by atoms with E-state index in [2.05, 4.69) is 10.1 Å². The average molecular weight is 299 g/mol. The fraction of sp³-hybridized carbons (Fsp3) is 0.429. The highest BCUT2D eigenvalue weighted by molar-refractivity contribution is 5.94. The Bertz CT molecular complexity index is 477. The maximum Gasteiger partial charge on any atom is 0.315 e. The number of benzene rings is 1. The van der Waals surface area contributed by atoms with Gasteiger partial charge in [-0.25, -0.2) is 4.39 Å². The van der Waals surface area contributed by atoms with Gasteiger partial charge in [-0.15, -0.1) is 0 Å². The summed E-state index contributed by atoms with van der Waals surface area (Å²) in [6.07, 6.45) is -1.58. The Balaban J connectivity index is 2.69. The van der Waals surface area contributed by atoms with Crippen LogP contribution in [0.3, 0.4) is 0 Å². The molecule has 0 saturated heterocycles. The van der Waals surface area contributed by atoms with E-state index < -0.39 is 36.3 Å². The van der Waals surface area contributed by atoms with Crippen LogP contribution in [0.5, 0.6) is 0 Å². The van der Waals surface area contributed by atoms with Gasteiger partial charge in [0.2, 0.25) is 5.91 Å². The second-order valence-corrected chi connectivity index (χ2v) is 4.34. The minimum atomic E-state index is -1.17. The molecule has 0 heterocycles. The molecule has 21 heavy (non-hydrogen) atoms. The van der Waals surface area contributed by atoms with Crippen LogP contribution in [-0.4, -0.2) is 44.0 Å². The van der Waals surface area contributed by atoms with Gasteiger partial charge < -0.3 is 19.9 Å². The van der Waals surface area contributed by atoms with Crippen LogP contribution in [0.1, 0.15) is 17.9 Å². The quantitative estimate of drug-likeness (QED) is 0.436. The molecular weight excluding hydrogens is 281 g/mol. The molecule has 2 atom stereocenters. The Morgan fingerprint density at radius 3 is 2.43 bits per heavy atom. The summed E-state index contributed by atoms with van der Waals surface area (Å²) in [6, 6.07) is 5.49. The van der Waals surface area contributed by atoms with Crippen LogP contribution in [0.25, 0.3) is 0 Å². The number of halogens is 1. The first-order valence-electron chi connectivity index (χ1n) is 6.27. The van der Waals surface area contributed by atoms with Crippen molar-refractivity contribution in [2.24, 2.45) is 0 Å². The standard InChI is InChI=1S/C14H18FNO5/c1-20-13(18)7-12(17)16-8-11(14(19)21-2)9-3-5-10(15)6-4-9/h3-6,11,14,19H,7-8H2,1-2H3,(H,16,17). The normalized spacial score (nSPS) is 13.3. The predicted octanol–water partition coefficient (Wildman–Crippen LogP) is 0.553. The molecular formula is C14H18FNO5. The van der Waals surface area contributed by atoms with Crippen LogP contribution in [0.15, 0.2) is 24.3 Å². The van der Waals surface area contributed by atoms with Gasteiger partial charge in [0.05, 0.1) is 13.0 Å². The lowest BCUT2D eigenvalue weighted by molar-refractivity contribution is -0.143. The number of hydrogen-bond donors (Lipinski definition) is 2. The number of methoxy groups -OCH3 is 2. The SMILES string of the molecule is COC(=O)CC(=O)NCC(c1ccc(F)cc1)C(O)OC. The summed E-state index contributed by atoms with van der Waals surface area (Å²) in [5.41, 5.74) is 0.601. The van der Waals surface area contributed by atoms with Gasteiger partial charge in [-0.1, -0.05) is 12.1 Å². The third kappa shape index (κ3) is 5.49. The van der Waals surface area contributed by atoms with Crippen molar-refractivity contribution in [2.75, 3.05) is 20.8 Å². The fourth-order valence-corrected chi connectivity index (χ4v) is 1.75. The number of rotatable bonds is 7. The van der Waals surface area contributed by atoms with E-state index in [4.69, 9.17) is 4.74 Å². The van der Waals surface area contributed by atoms with Crippen molar-refractivity contribution in [3.63, 3.8) is 0 Å².